The van der Waals surface area contributed by atoms with Crippen molar-refractivity contribution in [2.45, 2.75) is 11.6 Å². The topological polar surface area (TPSA) is 63.9 Å². The van der Waals surface area contributed by atoms with Crippen LogP contribution < -0.4 is 0 Å². The molecule has 2 aromatic rings. The number of halogens is 1. The third-order valence-corrected chi connectivity index (χ3v) is 3.73. The summed E-state index contributed by atoms with van der Waals surface area (Å²) < 4.78 is 1.63. The van der Waals surface area contributed by atoms with Gasteiger partial charge in [0.05, 0.1) is 5.69 Å². The minimum Gasteiger partial charge on any atom is -0.349 e. The van der Waals surface area contributed by atoms with Gasteiger partial charge in [0, 0.05) is 31.3 Å². The number of tetrazole rings is 1. The number of carbonyl (C=O) groups is 1. The molecule has 0 spiro atoms. The summed E-state index contributed by atoms with van der Waals surface area (Å²) in [5, 5.41) is 12.9. The monoisotopic (exact) mass is 311 g/mol. The second kappa shape index (κ2) is 6.71. The number of aromatic nitrogens is 4. The normalized spacial score (nSPS) is 10.6. The van der Waals surface area contributed by atoms with Gasteiger partial charge in [0.2, 0.25) is 11.1 Å². The number of thioether (sulfide) groups is 1. The summed E-state index contributed by atoms with van der Waals surface area (Å²) in [6, 6.07) is 7.24. The summed E-state index contributed by atoms with van der Waals surface area (Å²) in [6.45, 7) is 0. The Bertz CT molecular complexity index is 584. The standard InChI is InChI=1S/C12H14ClN5OS/c1-17(2)11(19)7-8-20-12-14-15-16-18(12)10-5-3-9(13)4-6-10/h3-6H,7-8H2,1-2H3. The lowest BCUT2D eigenvalue weighted by atomic mass is 10.3. The Morgan fingerprint density at radius 1 is 1.35 bits per heavy atom. The fraction of sp³-hybridized carbons (Fsp3) is 0.333. The summed E-state index contributed by atoms with van der Waals surface area (Å²) in [6.07, 6.45) is 0.450. The van der Waals surface area contributed by atoms with E-state index in [-0.39, 0.29) is 5.91 Å². The maximum absolute atomic E-state index is 11.5. The quantitative estimate of drug-likeness (QED) is 0.789. The predicted molar refractivity (Wildman–Crippen MR) is 78.2 cm³/mol. The number of carbonyl (C=O) groups excluding carboxylic acids is 1. The predicted octanol–water partition coefficient (Wildman–Crippen LogP) is 1.89. The van der Waals surface area contributed by atoms with Gasteiger partial charge in [-0.3, -0.25) is 4.79 Å². The van der Waals surface area contributed by atoms with Crippen LogP contribution in [0.1, 0.15) is 6.42 Å². The molecule has 0 fully saturated rings. The molecule has 0 unspecified atom stereocenters. The Morgan fingerprint density at radius 2 is 2.05 bits per heavy atom. The van der Waals surface area contributed by atoms with Crippen LogP contribution in [0.4, 0.5) is 0 Å². The van der Waals surface area contributed by atoms with Gasteiger partial charge < -0.3 is 4.90 Å². The molecule has 0 saturated heterocycles. The molecular formula is C12H14ClN5OS. The Morgan fingerprint density at radius 3 is 2.70 bits per heavy atom. The molecule has 0 aliphatic heterocycles. The van der Waals surface area contributed by atoms with Crippen molar-refractivity contribution in [3.05, 3.63) is 29.3 Å². The molecule has 0 aliphatic carbocycles. The van der Waals surface area contributed by atoms with Crippen molar-refractivity contribution in [2.24, 2.45) is 0 Å². The molecule has 6 nitrogen and oxygen atoms in total. The van der Waals surface area contributed by atoms with E-state index in [0.717, 1.165) is 5.69 Å². The average molecular weight is 312 g/mol. The van der Waals surface area contributed by atoms with Crippen LogP contribution >= 0.6 is 23.4 Å². The van der Waals surface area contributed by atoms with Crippen molar-refractivity contribution >= 4 is 29.3 Å². The number of hydrogen-bond acceptors (Lipinski definition) is 5. The van der Waals surface area contributed by atoms with Gasteiger partial charge in [0.1, 0.15) is 0 Å². The Labute approximate surface area is 126 Å². The van der Waals surface area contributed by atoms with Crippen LogP contribution in [0.15, 0.2) is 29.4 Å². The second-order valence-corrected chi connectivity index (χ2v) is 5.73. The van der Waals surface area contributed by atoms with Crippen molar-refractivity contribution in [3.8, 4) is 5.69 Å². The number of hydrogen-bond donors (Lipinski definition) is 0. The van der Waals surface area contributed by atoms with E-state index in [2.05, 4.69) is 15.5 Å². The van der Waals surface area contributed by atoms with Gasteiger partial charge in [-0.1, -0.05) is 23.4 Å². The molecule has 0 bridgehead atoms. The van der Waals surface area contributed by atoms with Crippen LogP contribution in [-0.4, -0.2) is 50.9 Å². The van der Waals surface area contributed by atoms with Gasteiger partial charge in [-0.05, 0) is 34.7 Å². The summed E-state index contributed by atoms with van der Waals surface area (Å²) in [4.78, 5) is 13.1. The van der Waals surface area contributed by atoms with Gasteiger partial charge in [0.25, 0.3) is 0 Å². The van der Waals surface area contributed by atoms with E-state index in [1.807, 2.05) is 12.1 Å². The van der Waals surface area contributed by atoms with Crippen molar-refractivity contribution in [3.63, 3.8) is 0 Å². The van der Waals surface area contributed by atoms with Gasteiger partial charge in [-0.15, -0.1) is 5.10 Å². The van der Waals surface area contributed by atoms with E-state index >= 15 is 0 Å². The van der Waals surface area contributed by atoms with Crippen LogP contribution in [0.3, 0.4) is 0 Å². The van der Waals surface area contributed by atoms with Crippen molar-refractivity contribution in [2.75, 3.05) is 19.8 Å². The highest BCUT2D eigenvalue weighted by molar-refractivity contribution is 7.99. The lowest BCUT2D eigenvalue weighted by molar-refractivity contribution is -0.128. The first-order valence-electron chi connectivity index (χ1n) is 5.95. The zero-order valence-corrected chi connectivity index (χ0v) is 12.7. The SMILES string of the molecule is CN(C)C(=O)CCSc1nnnn1-c1ccc(Cl)cc1. The highest BCUT2D eigenvalue weighted by Gasteiger charge is 2.10. The van der Waals surface area contributed by atoms with Gasteiger partial charge in [-0.25, -0.2) is 0 Å². The fourth-order valence-corrected chi connectivity index (χ4v) is 2.41. The van der Waals surface area contributed by atoms with Crippen molar-refractivity contribution in [1.29, 1.82) is 0 Å². The van der Waals surface area contributed by atoms with Crippen molar-refractivity contribution in [1.82, 2.24) is 25.1 Å². The largest absolute Gasteiger partial charge is 0.349 e. The number of amides is 1. The molecule has 20 heavy (non-hydrogen) atoms. The number of nitrogens with zero attached hydrogens (tertiary/aromatic N) is 5. The molecule has 0 atom stereocenters. The number of benzene rings is 1. The molecule has 8 heteroatoms. The minimum absolute atomic E-state index is 0.0861. The maximum atomic E-state index is 11.5. The summed E-state index contributed by atoms with van der Waals surface area (Å²) >= 11 is 7.30. The molecule has 0 saturated carbocycles. The molecule has 106 valence electrons. The molecule has 2 rings (SSSR count). The van der Waals surface area contributed by atoms with Gasteiger partial charge in [-0.2, -0.15) is 4.68 Å². The zero-order valence-electron chi connectivity index (χ0n) is 11.2. The van der Waals surface area contributed by atoms with Crippen molar-refractivity contribution < 1.29 is 4.79 Å². The first-order valence-corrected chi connectivity index (χ1v) is 7.31. The molecule has 1 aromatic carbocycles. The van der Waals surface area contributed by atoms with Crippen LogP contribution in [0.2, 0.25) is 5.02 Å². The molecule has 1 aromatic heterocycles. The first-order chi connectivity index (χ1) is 9.58. The highest BCUT2D eigenvalue weighted by atomic mass is 35.5. The van der Waals surface area contributed by atoms with Crippen LogP contribution in [0, 0.1) is 0 Å². The van der Waals surface area contributed by atoms with Crippen LogP contribution in [-0.2, 0) is 4.79 Å². The maximum Gasteiger partial charge on any atom is 0.222 e. The third kappa shape index (κ3) is 3.71. The molecule has 0 N–H and O–H groups in total. The third-order valence-electron chi connectivity index (χ3n) is 2.56. The Balaban J connectivity index is 2.02. The van der Waals surface area contributed by atoms with Crippen LogP contribution in [0.25, 0.3) is 5.69 Å². The minimum atomic E-state index is 0.0861. The highest BCUT2D eigenvalue weighted by Crippen LogP contribution is 2.20. The zero-order chi connectivity index (χ0) is 14.5. The van der Waals surface area contributed by atoms with Gasteiger partial charge in [0.15, 0.2) is 0 Å². The van der Waals surface area contributed by atoms with E-state index in [9.17, 15) is 4.79 Å². The Hall–Kier alpha value is -1.60. The van der Waals surface area contributed by atoms with Crippen LogP contribution in [0.5, 0.6) is 0 Å². The molecule has 0 radical (unpaired) electrons. The lowest BCUT2D eigenvalue weighted by Crippen LogP contribution is -2.21. The summed E-state index contributed by atoms with van der Waals surface area (Å²) in [5.74, 6) is 0.716. The molecule has 1 heterocycles. The smallest absolute Gasteiger partial charge is 0.222 e. The van der Waals surface area contributed by atoms with E-state index in [1.54, 1.807) is 35.8 Å². The van der Waals surface area contributed by atoms with E-state index in [0.29, 0.717) is 22.4 Å². The first kappa shape index (κ1) is 14.8. The number of rotatable bonds is 5. The summed E-state index contributed by atoms with van der Waals surface area (Å²) in [5.41, 5.74) is 0.834. The van der Waals surface area contributed by atoms with E-state index in [1.165, 1.54) is 11.8 Å². The Kier molecular flexibility index (Phi) is 4.97. The van der Waals surface area contributed by atoms with E-state index in [4.69, 9.17) is 11.6 Å². The lowest BCUT2D eigenvalue weighted by Gasteiger charge is -2.09. The second-order valence-electron chi connectivity index (χ2n) is 4.24. The van der Waals surface area contributed by atoms with Gasteiger partial charge >= 0.3 is 0 Å². The molecular weight excluding hydrogens is 298 g/mol. The fourth-order valence-electron chi connectivity index (χ4n) is 1.47. The summed E-state index contributed by atoms with van der Waals surface area (Å²) in [7, 11) is 3.48. The molecule has 1 amide bonds. The average Bonchev–Trinajstić information content (AvgIpc) is 2.88. The molecule has 0 aliphatic rings. The van der Waals surface area contributed by atoms with E-state index < -0.39 is 0 Å².